The number of aromatic carboxylic acids is 1. The maximum Gasteiger partial charge on any atom is 0.339 e. The zero-order chi connectivity index (χ0) is 25.0. The number of carbonyl (C=O) groups excluding carboxylic acids is 2. The lowest BCUT2D eigenvalue weighted by Crippen LogP contribution is -2.62. The number of amides is 1. The number of rotatable bonds is 5. The van der Waals surface area contributed by atoms with Crippen LogP contribution >= 0.6 is 0 Å². The number of hydrogen-bond donors (Lipinski definition) is 7. The highest BCUT2D eigenvalue weighted by molar-refractivity contribution is 6.22. The number of aliphatic hydroxyl groups is 4. The maximum atomic E-state index is 13.0. The summed E-state index contributed by atoms with van der Waals surface area (Å²) < 4.78 is 0. The van der Waals surface area contributed by atoms with Gasteiger partial charge in [0.15, 0.2) is 11.4 Å². The Kier molecular flexibility index (Phi) is 5.78. The topological polar surface area (TPSA) is 202 Å². The molecule has 0 bridgehead atoms. The smallest absolute Gasteiger partial charge is 0.339 e. The van der Waals surface area contributed by atoms with Crippen molar-refractivity contribution < 1.29 is 45.0 Å². The van der Waals surface area contributed by atoms with E-state index in [2.05, 4.69) is 0 Å². The number of ketones is 1. The molecule has 178 valence electrons. The molecule has 2 aliphatic carbocycles. The summed E-state index contributed by atoms with van der Waals surface area (Å²) in [4.78, 5) is 37.9. The summed E-state index contributed by atoms with van der Waals surface area (Å²) in [5.74, 6) is -8.44. The van der Waals surface area contributed by atoms with Crippen molar-refractivity contribution in [1.82, 2.24) is 4.90 Å². The van der Waals surface area contributed by atoms with Crippen molar-refractivity contribution >= 4 is 17.7 Å². The van der Waals surface area contributed by atoms with Crippen molar-refractivity contribution in [1.29, 1.82) is 0 Å². The average Bonchev–Trinajstić information content (AvgIpc) is 2.69. The first kappa shape index (κ1) is 24.2. The summed E-state index contributed by atoms with van der Waals surface area (Å²) in [6, 6.07) is 2.57. The predicted molar refractivity (Wildman–Crippen MR) is 113 cm³/mol. The number of Topliss-reactive ketones (excluding diaryl/α,β-unsaturated/α-hetero) is 1. The van der Waals surface area contributed by atoms with Crippen LogP contribution in [0.5, 0.6) is 5.75 Å². The number of hydrogen-bond acceptors (Lipinski definition) is 9. The van der Waals surface area contributed by atoms with Gasteiger partial charge in [0, 0.05) is 17.4 Å². The van der Waals surface area contributed by atoms with Crippen molar-refractivity contribution in [2.24, 2.45) is 17.6 Å². The first-order valence-corrected chi connectivity index (χ1v) is 10.0. The Morgan fingerprint density at radius 2 is 1.82 bits per heavy atom. The zero-order valence-electron chi connectivity index (χ0n) is 18.2. The monoisotopic (exact) mass is 462 g/mol. The quantitative estimate of drug-likeness (QED) is 0.290. The Hall–Kier alpha value is -3.41. The molecule has 33 heavy (non-hydrogen) atoms. The third kappa shape index (κ3) is 3.45. The molecule has 0 aliphatic heterocycles. The standard InChI is InChI=1S/C22H26N2O9/c1-21(32,10-5-4-6-12(25)14(10)20(30)31)9-7-11-16(24(2)3)17(27)15(19(23)29)18(28)22(11,33)13(26)8-9/h4-6,8-9,11,16,25-26,28,32-33H,7H2,1-3H3,(H2,23,29)(H,30,31)/t9-,11-,16-,21-,22-/m0/s1. The van der Waals surface area contributed by atoms with Crippen LogP contribution in [0.2, 0.25) is 0 Å². The Balaban J connectivity index is 2.23. The SMILES string of the molecule is CN(C)[C@@H]1C(=O)C(C(N)=O)=C(O)[C@@]2(O)C(O)=C[C@@H]([C@](C)(O)c3cccc(O)c3C(=O)O)C[C@@H]12. The van der Waals surface area contributed by atoms with Crippen LogP contribution in [0.15, 0.2) is 41.4 Å². The van der Waals surface area contributed by atoms with Crippen molar-refractivity contribution in [2.45, 2.75) is 30.6 Å². The second-order valence-electron chi connectivity index (χ2n) is 8.78. The van der Waals surface area contributed by atoms with Gasteiger partial charge < -0.3 is 36.4 Å². The molecule has 1 aromatic rings. The lowest BCUT2D eigenvalue weighted by Gasteiger charge is -2.50. The van der Waals surface area contributed by atoms with Crippen LogP contribution in [0.4, 0.5) is 0 Å². The fraction of sp³-hybridized carbons (Fsp3) is 0.409. The van der Waals surface area contributed by atoms with E-state index in [9.17, 15) is 45.0 Å². The van der Waals surface area contributed by atoms with Crippen LogP contribution in [-0.4, -0.2) is 78.9 Å². The van der Waals surface area contributed by atoms with Gasteiger partial charge in [-0.2, -0.15) is 0 Å². The number of benzene rings is 1. The van der Waals surface area contributed by atoms with Crippen LogP contribution in [0.3, 0.4) is 0 Å². The minimum atomic E-state index is -2.53. The van der Waals surface area contributed by atoms with Gasteiger partial charge in [0.1, 0.15) is 28.4 Å². The van der Waals surface area contributed by atoms with Crippen molar-refractivity contribution in [3.8, 4) is 5.75 Å². The van der Waals surface area contributed by atoms with Crippen molar-refractivity contribution in [3.63, 3.8) is 0 Å². The Morgan fingerprint density at radius 1 is 1.21 bits per heavy atom. The molecule has 0 aromatic heterocycles. The van der Waals surface area contributed by atoms with Crippen LogP contribution in [0, 0.1) is 11.8 Å². The van der Waals surface area contributed by atoms with Gasteiger partial charge in [-0.1, -0.05) is 12.1 Å². The number of likely N-dealkylation sites (N-methyl/N-ethyl adjacent to an activating group) is 1. The molecule has 5 atom stereocenters. The van der Waals surface area contributed by atoms with E-state index in [1.165, 1.54) is 38.1 Å². The van der Waals surface area contributed by atoms with Gasteiger partial charge in [-0.3, -0.25) is 14.5 Å². The molecule has 8 N–H and O–H groups in total. The summed E-state index contributed by atoms with van der Waals surface area (Å²) in [6.07, 6.45) is 0.816. The molecule has 11 heteroatoms. The molecule has 11 nitrogen and oxygen atoms in total. The van der Waals surface area contributed by atoms with Gasteiger partial charge in [-0.05, 0) is 39.6 Å². The van der Waals surface area contributed by atoms with Gasteiger partial charge in [-0.25, -0.2) is 4.79 Å². The molecule has 1 amide bonds. The van der Waals surface area contributed by atoms with E-state index < -0.39 is 75.1 Å². The molecule has 1 aromatic carbocycles. The van der Waals surface area contributed by atoms with E-state index in [-0.39, 0.29) is 12.0 Å². The highest BCUT2D eigenvalue weighted by Gasteiger charge is 2.61. The summed E-state index contributed by atoms with van der Waals surface area (Å²) >= 11 is 0. The van der Waals surface area contributed by atoms with Crippen LogP contribution < -0.4 is 5.73 Å². The van der Waals surface area contributed by atoms with Gasteiger partial charge in [0.05, 0.1) is 11.6 Å². The van der Waals surface area contributed by atoms with Gasteiger partial charge in [0.2, 0.25) is 0 Å². The largest absolute Gasteiger partial charge is 0.509 e. The molecule has 0 unspecified atom stereocenters. The van der Waals surface area contributed by atoms with Gasteiger partial charge in [0.25, 0.3) is 5.91 Å². The number of carboxylic acids is 1. The Labute approximate surface area is 188 Å². The number of aromatic hydroxyl groups is 1. The van der Waals surface area contributed by atoms with Crippen molar-refractivity contribution in [3.05, 3.63) is 52.5 Å². The molecule has 0 saturated heterocycles. The number of primary amides is 1. The van der Waals surface area contributed by atoms with Crippen LogP contribution in [-0.2, 0) is 15.2 Å². The lowest BCUT2D eigenvalue weighted by molar-refractivity contribution is -0.139. The Bertz CT molecular complexity index is 1110. The van der Waals surface area contributed by atoms with E-state index >= 15 is 0 Å². The summed E-state index contributed by atoms with van der Waals surface area (Å²) in [5, 5.41) is 63.7. The number of carboxylic acid groups (broad SMARTS) is 1. The van der Waals surface area contributed by atoms with E-state index in [0.29, 0.717) is 0 Å². The number of phenols is 1. The van der Waals surface area contributed by atoms with E-state index in [0.717, 1.165) is 12.1 Å². The minimum absolute atomic E-state index is 0.157. The molecule has 2 aliphatic rings. The minimum Gasteiger partial charge on any atom is -0.509 e. The molecule has 0 radical (unpaired) electrons. The van der Waals surface area contributed by atoms with Crippen LogP contribution in [0.25, 0.3) is 0 Å². The molecule has 0 saturated carbocycles. The molecular weight excluding hydrogens is 436 g/mol. The summed E-state index contributed by atoms with van der Waals surface area (Å²) in [5.41, 5.74) is -0.822. The highest BCUT2D eigenvalue weighted by atomic mass is 16.4. The first-order valence-electron chi connectivity index (χ1n) is 10.0. The normalized spacial score (nSPS) is 29.3. The fourth-order valence-electron chi connectivity index (χ4n) is 4.92. The second kappa shape index (κ2) is 7.87. The molecule has 3 rings (SSSR count). The summed E-state index contributed by atoms with van der Waals surface area (Å²) in [6.45, 7) is 1.27. The highest BCUT2D eigenvalue weighted by Crippen LogP contribution is 2.51. The summed E-state index contributed by atoms with van der Waals surface area (Å²) in [7, 11) is 2.98. The maximum absolute atomic E-state index is 13.0. The molecular formula is C22H26N2O9. The third-order valence-corrected chi connectivity index (χ3v) is 6.61. The molecule has 0 fully saturated rings. The number of nitrogens with zero attached hydrogens (tertiary/aromatic N) is 1. The van der Waals surface area contributed by atoms with Gasteiger partial charge >= 0.3 is 5.97 Å². The second-order valence-corrected chi connectivity index (χ2v) is 8.78. The lowest BCUT2D eigenvalue weighted by atomic mass is 9.61. The van der Waals surface area contributed by atoms with Gasteiger partial charge in [-0.15, -0.1) is 0 Å². The third-order valence-electron chi connectivity index (χ3n) is 6.61. The van der Waals surface area contributed by atoms with Crippen LogP contribution in [0.1, 0.15) is 29.3 Å². The number of fused-ring (bicyclic) bond motifs is 1. The zero-order valence-corrected chi connectivity index (χ0v) is 18.2. The fourth-order valence-corrected chi connectivity index (χ4v) is 4.92. The number of aliphatic hydroxyl groups excluding tert-OH is 2. The van der Waals surface area contributed by atoms with Crippen molar-refractivity contribution in [2.75, 3.05) is 14.1 Å². The number of nitrogens with two attached hydrogens (primary N) is 1. The molecule has 0 heterocycles. The molecule has 0 spiro atoms. The average molecular weight is 462 g/mol. The van der Waals surface area contributed by atoms with E-state index in [4.69, 9.17) is 5.73 Å². The number of carbonyl (C=O) groups is 3. The van der Waals surface area contributed by atoms with E-state index in [1.54, 1.807) is 0 Å². The Morgan fingerprint density at radius 3 is 2.33 bits per heavy atom. The first-order chi connectivity index (χ1) is 15.2. The van der Waals surface area contributed by atoms with E-state index in [1.807, 2.05) is 0 Å². The predicted octanol–water partition coefficient (Wildman–Crippen LogP) is -0.0827.